The molecule has 11 heteroatoms. The second-order valence-electron chi connectivity index (χ2n) is 6.55. The van der Waals surface area contributed by atoms with E-state index in [2.05, 4.69) is 15.6 Å². The molecule has 2 aromatic heterocycles. The average Bonchev–Trinajstić information content (AvgIpc) is 3.44. The summed E-state index contributed by atoms with van der Waals surface area (Å²) in [5.74, 6) is 0. The van der Waals surface area contributed by atoms with Gasteiger partial charge in [0, 0.05) is 23.4 Å². The number of hydrogen-bond acceptors (Lipinski definition) is 6. The van der Waals surface area contributed by atoms with Gasteiger partial charge in [-0.15, -0.1) is 11.3 Å². The van der Waals surface area contributed by atoms with E-state index in [0.717, 1.165) is 22.7 Å². The van der Waals surface area contributed by atoms with Crippen LogP contribution in [0.4, 0.5) is 24.5 Å². The summed E-state index contributed by atoms with van der Waals surface area (Å²) in [7, 11) is 0. The summed E-state index contributed by atoms with van der Waals surface area (Å²) in [4.78, 5) is 10.4. The molecule has 162 valence electrons. The van der Waals surface area contributed by atoms with Crippen LogP contribution in [-0.2, 0) is 6.18 Å². The summed E-state index contributed by atoms with van der Waals surface area (Å²) < 4.78 is 40.3. The first-order chi connectivity index (χ1) is 15.3. The van der Waals surface area contributed by atoms with Gasteiger partial charge in [0.1, 0.15) is 16.4 Å². The fraction of sp³-hybridized carbons (Fsp3) is 0.0476. The van der Waals surface area contributed by atoms with Crippen molar-refractivity contribution in [2.75, 3.05) is 5.43 Å². The van der Waals surface area contributed by atoms with Crippen LogP contribution in [-0.4, -0.2) is 20.9 Å². The number of thiophene rings is 1. The molecule has 0 aliphatic carbocycles. The maximum absolute atomic E-state index is 12.9. The molecule has 0 atom stereocenters. The fourth-order valence-corrected chi connectivity index (χ4v) is 3.60. The van der Waals surface area contributed by atoms with Gasteiger partial charge in [0.25, 0.3) is 5.69 Å². The Kier molecular flexibility index (Phi) is 5.73. The van der Waals surface area contributed by atoms with E-state index < -0.39 is 22.4 Å². The van der Waals surface area contributed by atoms with E-state index in [0.29, 0.717) is 17.3 Å². The Hall–Kier alpha value is -3.99. The zero-order valence-corrected chi connectivity index (χ0v) is 17.0. The molecule has 1 N–H and O–H groups in total. The van der Waals surface area contributed by atoms with Crippen LogP contribution in [0.15, 0.2) is 77.3 Å². The van der Waals surface area contributed by atoms with Crippen molar-refractivity contribution in [2.24, 2.45) is 5.10 Å². The molecule has 0 amide bonds. The second kappa shape index (κ2) is 8.63. The summed E-state index contributed by atoms with van der Waals surface area (Å²) in [6.07, 6.45) is -1.52. The van der Waals surface area contributed by atoms with Crippen molar-refractivity contribution >= 4 is 28.9 Å². The van der Waals surface area contributed by atoms with Crippen LogP contribution in [0, 0.1) is 10.1 Å². The van der Waals surface area contributed by atoms with Crippen molar-refractivity contribution in [3.8, 4) is 16.3 Å². The zero-order valence-electron chi connectivity index (χ0n) is 16.2. The van der Waals surface area contributed by atoms with Gasteiger partial charge < -0.3 is 0 Å². The largest absolute Gasteiger partial charge is 0.416 e. The highest BCUT2D eigenvalue weighted by Crippen LogP contribution is 2.35. The number of benzene rings is 2. The number of halogens is 3. The number of nitrogens with one attached hydrogen (secondary N) is 1. The first-order valence-corrected chi connectivity index (χ1v) is 10.0. The molecule has 2 aromatic carbocycles. The van der Waals surface area contributed by atoms with E-state index in [1.165, 1.54) is 17.6 Å². The molecule has 4 aromatic rings. The third kappa shape index (κ3) is 4.52. The van der Waals surface area contributed by atoms with Crippen LogP contribution in [0.2, 0.25) is 0 Å². The number of hydrazone groups is 1. The molecule has 0 bridgehead atoms. The van der Waals surface area contributed by atoms with Crippen molar-refractivity contribution in [1.82, 2.24) is 9.78 Å². The van der Waals surface area contributed by atoms with Gasteiger partial charge in [0.15, 0.2) is 0 Å². The maximum atomic E-state index is 12.9. The topological polar surface area (TPSA) is 85.4 Å². The lowest BCUT2D eigenvalue weighted by atomic mass is 10.1. The van der Waals surface area contributed by atoms with Crippen LogP contribution in [0.1, 0.15) is 11.1 Å². The van der Waals surface area contributed by atoms with Crippen LogP contribution in [0.25, 0.3) is 16.3 Å². The number of hydrogen-bond donors (Lipinski definition) is 1. The number of nitro groups is 1. The van der Waals surface area contributed by atoms with Crippen LogP contribution in [0.5, 0.6) is 0 Å². The summed E-state index contributed by atoms with van der Waals surface area (Å²) in [5.41, 5.74) is 2.56. The molecule has 0 saturated heterocycles. The second-order valence-corrected chi connectivity index (χ2v) is 7.48. The van der Waals surface area contributed by atoms with E-state index in [4.69, 9.17) is 0 Å². The quantitative estimate of drug-likeness (QED) is 0.219. The third-order valence-electron chi connectivity index (χ3n) is 4.43. The molecule has 0 spiro atoms. The normalized spacial score (nSPS) is 11.7. The van der Waals surface area contributed by atoms with Crippen LogP contribution in [0.3, 0.4) is 0 Å². The molecule has 0 aliphatic heterocycles. The molecule has 0 saturated carbocycles. The Bertz CT molecular complexity index is 1270. The molecule has 0 radical (unpaired) electrons. The van der Waals surface area contributed by atoms with Crippen molar-refractivity contribution < 1.29 is 18.1 Å². The molecule has 32 heavy (non-hydrogen) atoms. The standard InChI is InChI=1S/C21H14F3N5O2S/c22-21(23,24)16-8-9-17(18(11-16)29(30)31)26-25-12-15-13-28(19-7-4-10-32-19)27-20(15)14-5-2-1-3-6-14/h1-13,26H/b25-12-. The van der Waals surface area contributed by atoms with Gasteiger partial charge in [-0.2, -0.15) is 23.4 Å². The summed E-state index contributed by atoms with van der Waals surface area (Å²) in [6, 6.07) is 15.4. The third-order valence-corrected chi connectivity index (χ3v) is 5.29. The Morgan fingerprint density at radius 3 is 2.56 bits per heavy atom. The minimum Gasteiger partial charge on any atom is -0.272 e. The van der Waals surface area contributed by atoms with E-state index in [1.807, 2.05) is 47.8 Å². The summed E-state index contributed by atoms with van der Waals surface area (Å²) >= 11 is 1.50. The predicted octanol–water partition coefficient (Wildman–Crippen LogP) is 5.97. The number of nitro benzene ring substituents is 1. The summed E-state index contributed by atoms with van der Waals surface area (Å²) in [5, 5.41) is 22.7. The van der Waals surface area contributed by atoms with E-state index in [9.17, 15) is 23.3 Å². The smallest absolute Gasteiger partial charge is 0.272 e. The lowest BCUT2D eigenvalue weighted by molar-refractivity contribution is -0.384. The zero-order chi connectivity index (χ0) is 22.7. The minimum atomic E-state index is -4.69. The van der Waals surface area contributed by atoms with Gasteiger partial charge >= 0.3 is 6.18 Å². The van der Waals surface area contributed by atoms with Crippen molar-refractivity contribution in [2.45, 2.75) is 6.18 Å². The highest BCUT2D eigenvalue weighted by Gasteiger charge is 2.33. The molecule has 4 rings (SSSR count). The van der Waals surface area contributed by atoms with Gasteiger partial charge in [-0.3, -0.25) is 15.5 Å². The van der Waals surface area contributed by atoms with Crippen molar-refractivity contribution in [3.63, 3.8) is 0 Å². The first-order valence-electron chi connectivity index (χ1n) is 9.16. The number of rotatable bonds is 6. The monoisotopic (exact) mass is 457 g/mol. The van der Waals surface area contributed by atoms with Gasteiger partial charge in [-0.1, -0.05) is 30.3 Å². The molecule has 0 fully saturated rings. The Morgan fingerprint density at radius 2 is 1.91 bits per heavy atom. The molecular formula is C21H14F3N5O2S. The Morgan fingerprint density at radius 1 is 1.12 bits per heavy atom. The van der Waals surface area contributed by atoms with Crippen LogP contribution < -0.4 is 5.43 Å². The van der Waals surface area contributed by atoms with Gasteiger partial charge in [0.05, 0.1) is 16.7 Å². The maximum Gasteiger partial charge on any atom is 0.416 e. The Balaban J connectivity index is 1.66. The van der Waals surface area contributed by atoms with Gasteiger partial charge in [0.2, 0.25) is 0 Å². The van der Waals surface area contributed by atoms with Crippen molar-refractivity contribution in [1.29, 1.82) is 0 Å². The van der Waals surface area contributed by atoms with E-state index >= 15 is 0 Å². The Labute approximate surface area is 183 Å². The van der Waals surface area contributed by atoms with E-state index in [-0.39, 0.29) is 5.69 Å². The van der Waals surface area contributed by atoms with Crippen molar-refractivity contribution in [3.05, 3.63) is 93.5 Å². The molecule has 0 unspecified atom stereocenters. The lowest BCUT2D eigenvalue weighted by Gasteiger charge is -2.08. The highest BCUT2D eigenvalue weighted by molar-refractivity contribution is 7.12. The molecule has 0 aliphatic rings. The van der Waals surface area contributed by atoms with Crippen LogP contribution >= 0.6 is 11.3 Å². The fourth-order valence-electron chi connectivity index (χ4n) is 2.94. The summed E-state index contributed by atoms with van der Waals surface area (Å²) in [6.45, 7) is 0. The number of anilines is 1. The SMILES string of the molecule is O=[N+]([O-])c1cc(C(F)(F)F)ccc1N/N=C\c1cn(-c2cccs2)nc1-c1ccccc1. The average molecular weight is 457 g/mol. The number of alkyl halides is 3. The van der Waals surface area contributed by atoms with Gasteiger partial charge in [-0.05, 0) is 29.6 Å². The molecule has 7 nitrogen and oxygen atoms in total. The predicted molar refractivity (Wildman–Crippen MR) is 116 cm³/mol. The highest BCUT2D eigenvalue weighted by atomic mass is 32.1. The van der Waals surface area contributed by atoms with E-state index in [1.54, 1.807) is 10.9 Å². The molecule has 2 heterocycles. The first kappa shape index (κ1) is 21.2. The number of aromatic nitrogens is 2. The van der Waals surface area contributed by atoms with Gasteiger partial charge in [-0.25, -0.2) is 4.68 Å². The lowest BCUT2D eigenvalue weighted by Crippen LogP contribution is -2.06. The minimum absolute atomic E-state index is 0.161. The number of nitrogens with zero attached hydrogens (tertiary/aromatic N) is 4. The molecular weight excluding hydrogens is 443 g/mol.